The third-order valence-electron chi connectivity index (χ3n) is 4.84. The van der Waals surface area contributed by atoms with Gasteiger partial charge in [-0.1, -0.05) is 17.7 Å². The zero-order valence-electron chi connectivity index (χ0n) is 15.5. The predicted octanol–water partition coefficient (Wildman–Crippen LogP) is 2.69. The van der Waals surface area contributed by atoms with E-state index in [2.05, 4.69) is 29.8 Å². The fourth-order valence-electron chi connectivity index (χ4n) is 3.31. The van der Waals surface area contributed by atoms with Gasteiger partial charge in [-0.15, -0.1) is 0 Å². The number of imidazole rings is 1. The molecule has 0 N–H and O–H groups in total. The molecule has 0 atom stereocenters. The summed E-state index contributed by atoms with van der Waals surface area (Å²) in [6, 6.07) is 4.05. The molecule has 2 aromatic rings. The van der Waals surface area contributed by atoms with Crippen LogP contribution in [-0.2, 0) is 11.2 Å². The van der Waals surface area contributed by atoms with E-state index in [4.69, 9.17) is 0 Å². The number of nitrogens with zero attached hydrogens (tertiary/aromatic N) is 4. The number of aromatic nitrogens is 2. The second-order valence-electron chi connectivity index (χ2n) is 7.13. The number of aryl methyl sites for hydroxylation is 1. The van der Waals surface area contributed by atoms with Crippen LogP contribution in [0.2, 0.25) is 0 Å². The zero-order valence-corrected chi connectivity index (χ0v) is 15.5. The van der Waals surface area contributed by atoms with Crippen molar-refractivity contribution in [3.8, 4) is 0 Å². The summed E-state index contributed by atoms with van der Waals surface area (Å²) in [7, 11) is 0. The van der Waals surface area contributed by atoms with E-state index in [1.807, 2.05) is 40.8 Å². The van der Waals surface area contributed by atoms with Crippen LogP contribution in [0.5, 0.6) is 0 Å². The first-order valence-corrected chi connectivity index (χ1v) is 9.09. The van der Waals surface area contributed by atoms with Crippen LogP contribution in [0.15, 0.2) is 36.2 Å². The molecule has 0 aliphatic carbocycles. The summed E-state index contributed by atoms with van der Waals surface area (Å²) >= 11 is 0. The lowest BCUT2D eigenvalue weighted by molar-refractivity contribution is -0.130. The molecule has 1 aliphatic heterocycles. The van der Waals surface area contributed by atoms with Crippen LogP contribution in [0.1, 0.15) is 31.5 Å². The lowest BCUT2D eigenvalue weighted by Crippen LogP contribution is -2.36. The maximum absolute atomic E-state index is 12.8. The van der Waals surface area contributed by atoms with Crippen LogP contribution in [0, 0.1) is 6.92 Å². The molecule has 0 bridgehead atoms. The Hall–Kier alpha value is -2.14. The fraction of sp³-hybridized carbons (Fsp3) is 0.500. The summed E-state index contributed by atoms with van der Waals surface area (Å²) in [6.07, 6.45) is 7.53. The van der Waals surface area contributed by atoms with Gasteiger partial charge in [-0.2, -0.15) is 0 Å². The molecule has 3 heterocycles. The summed E-state index contributed by atoms with van der Waals surface area (Å²) in [5, 5.41) is 0. The number of hydrogen-bond donors (Lipinski definition) is 0. The van der Waals surface area contributed by atoms with Gasteiger partial charge in [-0.05, 0) is 38.8 Å². The van der Waals surface area contributed by atoms with Gasteiger partial charge in [-0.3, -0.25) is 9.69 Å². The SMILES string of the molecule is CC(C)=CCN1CCCN(C(=O)Cc2cnc3c(C)cccn23)CC1. The maximum atomic E-state index is 12.8. The van der Waals surface area contributed by atoms with Crippen LogP contribution in [-0.4, -0.2) is 57.8 Å². The van der Waals surface area contributed by atoms with Gasteiger partial charge in [0.15, 0.2) is 0 Å². The summed E-state index contributed by atoms with van der Waals surface area (Å²) < 4.78 is 2.03. The van der Waals surface area contributed by atoms with Crippen molar-refractivity contribution in [2.75, 3.05) is 32.7 Å². The van der Waals surface area contributed by atoms with E-state index in [0.717, 1.165) is 56.0 Å². The Morgan fingerprint density at radius 1 is 1.24 bits per heavy atom. The molecule has 5 nitrogen and oxygen atoms in total. The van der Waals surface area contributed by atoms with E-state index in [1.54, 1.807) is 0 Å². The number of carbonyl (C=O) groups excluding carboxylic acids is 1. The maximum Gasteiger partial charge on any atom is 0.228 e. The number of carbonyl (C=O) groups is 1. The Morgan fingerprint density at radius 2 is 2.08 bits per heavy atom. The Bertz CT molecular complexity index is 773. The average molecular weight is 340 g/mol. The molecule has 134 valence electrons. The smallest absolute Gasteiger partial charge is 0.228 e. The van der Waals surface area contributed by atoms with Crippen LogP contribution in [0.25, 0.3) is 5.65 Å². The molecule has 1 fully saturated rings. The molecule has 0 spiro atoms. The largest absolute Gasteiger partial charge is 0.341 e. The van der Waals surface area contributed by atoms with E-state index >= 15 is 0 Å². The Morgan fingerprint density at radius 3 is 2.88 bits per heavy atom. The van der Waals surface area contributed by atoms with Gasteiger partial charge < -0.3 is 9.30 Å². The topological polar surface area (TPSA) is 40.8 Å². The molecule has 0 saturated carbocycles. The molecule has 1 amide bonds. The second-order valence-corrected chi connectivity index (χ2v) is 7.13. The van der Waals surface area contributed by atoms with E-state index in [0.29, 0.717) is 6.42 Å². The summed E-state index contributed by atoms with van der Waals surface area (Å²) in [4.78, 5) is 21.7. The highest BCUT2D eigenvalue weighted by molar-refractivity contribution is 5.78. The number of rotatable bonds is 4. The first-order chi connectivity index (χ1) is 12.0. The van der Waals surface area contributed by atoms with Crippen LogP contribution >= 0.6 is 0 Å². The predicted molar refractivity (Wildman–Crippen MR) is 101 cm³/mol. The summed E-state index contributed by atoms with van der Waals surface area (Å²) in [5.41, 5.74) is 4.38. The molecule has 1 aliphatic rings. The van der Waals surface area contributed by atoms with Gasteiger partial charge in [-0.25, -0.2) is 4.98 Å². The molecule has 0 unspecified atom stereocenters. The number of fused-ring (bicyclic) bond motifs is 1. The van der Waals surface area contributed by atoms with Gasteiger partial charge in [0.05, 0.1) is 12.1 Å². The van der Waals surface area contributed by atoms with Crippen molar-refractivity contribution in [3.63, 3.8) is 0 Å². The number of amides is 1. The van der Waals surface area contributed by atoms with Crippen molar-refractivity contribution >= 4 is 11.6 Å². The van der Waals surface area contributed by atoms with E-state index in [9.17, 15) is 4.79 Å². The minimum atomic E-state index is 0.201. The highest BCUT2D eigenvalue weighted by atomic mass is 16.2. The first-order valence-electron chi connectivity index (χ1n) is 9.09. The molecular formula is C20H28N4O. The van der Waals surface area contributed by atoms with Crippen molar-refractivity contribution < 1.29 is 4.79 Å². The highest BCUT2D eigenvalue weighted by Gasteiger charge is 2.20. The first kappa shape index (κ1) is 17.7. The van der Waals surface area contributed by atoms with Crippen LogP contribution in [0.4, 0.5) is 0 Å². The Labute approximate surface area is 149 Å². The molecule has 0 radical (unpaired) electrons. The normalized spacial score (nSPS) is 16.0. The standard InChI is InChI=1S/C20H28N4O/c1-16(2)7-11-22-8-5-9-23(13-12-22)19(25)14-18-15-21-20-17(3)6-4-10-24(18)20/h4,6-7,10,15H,5,8-9,11-14H2,1-3H3. The second kappa shape index (κ2) is 7.83. The summed E-state index contributed by atoms with van der Waals surface area (Å²) in [5.74, 6) is 0.201. The minimum Gasteiger partial charge on any atom is -0.341 e. The van der Waals surface area contributed by atoms with Crippen molar-refractivity contribution in [2.24, 2.45) is 0 Å². The fourth-order valence-corrected chi connectivity index (χ4v) is 3.31. The quantitative estimate of drug-likeness (QED) is 0.804. The van der Waals surface area contributed by atoms with Crippen LogP contribution in [0.3, 0.4) is 0 Å². The van der Waals surface area contributed by atoms with Gasteiger partial charge in [0.1, 0.15) is 5.65 Å². The number of hydrogen-bond acceptors (Lipinski definition) is 3. The molecule has 5 heteroatoms. The monoisotopic (exact) mass is 340 g/mol. The molecule has 1 saturated heterocycles. The molecule has 3 rings (SSSR count). The van der Waals surface area contributed by atoms with Crippen molar-refractivity contribution in [1.82, 2.24) is 19.2 Å². The third kappa shape index (κ3) is 4.28. The average Bonchev–Trinajstić information content (AvgIpc) is 2.84. The van der Waals surface area contributed by atoms with Gasteiger partial charge >= 0.3 is 0 Å². The Kier molecular flexibility index (Phi) is 5.53. The van der Waals surface area contributed by atoms with Crippen molar-refractivity contribution in [3.05, 3.63) is 47.4 Å². The third-order valence-corrected chi connectivity index (χ3v) is 4.84. The van der Waals surface area contributed by atoms with E-state index in [1.165, 1.54) is 5.57 Å². The molecular weight excluding hydrogens is 312 g/mol. The minimum absolute atomic E-state index is 0.201. The lowest BCUT2D eigenvalue weighted by Gasteiger charge is -2.21. The van der Waals surface area contributed by atoms with Gasteiger partial charge in [0.25, 0.3) is 0 Å². The molecule has 25 heavy (non-hydrogen) atoms. The van der Waals surface area contributed by atoms with Crippen molar-refractivity contribution in [1.29, 1.82) is 0 Å². The van der Waals surface area contributed by atoms with Gasteiger partial charge in [0, 0.05) is 45.1 Å². The Balaban J connectivity index is 1.63. The van der Waals surface area contributed by atoms with Crippen LogP contribution < -0.4 is 0 Å². The molecule has 2 aromatic heterocycles. The lowest BCUT2D eigenvalue weighted by atomic mass is 10.2. The summed E-state index contributed by atoms with van der Waals surface area (Å²) in [6.45, 7) is 11.0. The molecule has 0 aromatic carbocycles. The number of pyridine rings is 1. The number of allylic oxidation sites excluding steroid dienone is 1. The highest BCUT2D eigenvalue weighted by Crippen LogP contribution is 2.13. The zero-order chi connectivity index (χ0) is 17.8. The van der Waals surface area contributed by atoms with E-state index < -0.39 is 0 Å². The van der Waals surface area contributed by atoms with E-state index in [-0.39, 0.29) is 5.91 Å². The van der Waals surface area contributed by atoms with Gasteiger partial charge in [0.2, 0.25) is 5.91 Å². The van der Waals surface area contributed by atoms with Crippen molar-refractivity contribution in [2.45, 2.75) is 33.6 Å².